The van der Waals surface area contributed by atoms with Crippen molar-refractivity contribution in [3.8, 4) is 0 Å². The van der Waals surface area contributed by atoms with Gasteiger partial charge in [-0.1, -0.05) is 32.8 Å². The lowest BCUT2D eigenvalue weighted by Gasteiger charge is -2.13. The summed E-state index contributed by atoms with van der Waals surface area (Å²) >= 11 is 0. The third-order valence-corrected chi connectivity index (χ3v) is 4.89. The molecule has 1 aromatic carbocycles. The Balaban J connectivity index is 1.91. The zero-order valence-corrected chi connectivity index (χ0v) is 20.3. The molecule has 0 saturated heterocycles. The predicted octanol–water partition coefficient (Wildman–Crippen LogP) is 5.02. The van der Waals surface area contributed by atoms with Crippen LogP contribution in [0.25, 0.3) is 0 Å². The summed E-state index contributed by atoms with van der Waals surface area (Å²) < 4.78 is 10.7. The van der Waals surface area contributed by atoms with Gasteiger partial charge in [0.05, 0.1) is 24.2 Å². The zero-order valence-electron chi connectivity index (χ0n) is 20.3. The number of benzene rings is 1. The van der Waals surface area contributed by atoms with Crippen molar-refractivity contribution in [1.29, 1.82) is 0 Å². The van der Waals surface area contributed by atoms with Gasteiger partial charge in [-0.15, -0.1) is 0 Å². The normalized spacial score (nSPS) is 12.4. The number of nitrogens with zero attached hydrogens (tertiary/aromatic N) is 2. The molecule has 0 radical (unpaired) electrons. The summed E-state index contributed by atoms with van der Waals surface area (Å²) in [5.41, 5.74) is 1.06. The van der Waals surface area contributed by atoms with Crippen LogP contribution in [0.15, 0.2) is 36.7 Å². The number of esters is 2. The Kier molecular flexibility index (Phi) is 11.0. The fraction of sp³-hybridized carbons (Fsp3) is 0.480. The highest BCUT2D eigenvalue weighted by Gasteiger charge is 2.14. The van der Waals surface area contributed by atoms with E-state index >= 15 is 0 Å². The molecular weight excluding hydrogens is 436 g/mol. The van der Waals surface area contributed by atoms with E-state index in [2.05, 4.69) is 20.6 Å². The van der Waals surface area contributed by atoms with Crippen LogP contribution in [-0.4, -0.2) is 40.0 Å². The Labute approximate surface area is 200 Å². The minimum absolute atomic E-state index is 0.00412. The lowest BCUT2D eigenvalue weighted by atomic mass is 10.2. The van der Waals surface area contributed by atoms with Crippen molar-refractivity contribution >= 4 is 35.2 Å². The van der Waals surface area contributed by atoms with E-state index in [0.717, 1.165) is 25.7 Å². The SMILES string of the molecule is CCCC(C)OC(=O)CCC(=O)Nc1cc(Nc2cccc(C(=O)OC(C)CCC)c2)ncn1. The second-order valence-corrected chi connectivity index (χ2v) is 8.14. The van der Waals surface area contributed by atoms with E-state index in [1.807, 2.05) is 27.7 Å². The van der Waals surface area contributed by atoms with Gasteiger partial charge in [0.1, 0.15) is 18.0 Å². The third-order valence-electron chi connectivity index (χ3n) is 4.89. The molecule has 1 heterocycles. The van der Waals surface area contributed by atoms with Gasteiger partial charge in [0.15, 0.2) is 0 Å². The van der Waals surface area contributed by atoms with Gasteiger partial charge in [0.2, 0.25) is 5.91 Å². The molecule has 1 amide bonds. The number of rotatable bonds is 13. The third kappa shape index (κ3) is 9.56. The van der Waals surface area contributed by atoms with E-state index in [1.165, 1.54) is 6.33 Å². The Bertz CT molecular complexity index is 966. The first-order valence-corrected chi connectivity index (χ1v) is 11.7. The molecule has 0 aliphatic heterocycles. The van der Waals surface area contributed by atoms with Gasteiger partial charge in [-0.25, -0.2) is 14.8 Å². The second-order valence-electron chi connectivity index (χ2n) is 8.14. The molecule has 2 rings (SSSR count). The topological polar surface area (TPSA) is 120 Å². The number of carbonyl (C=O) groups excluding carboxylic acids is 3. The van der Waals surface area contributed by atoms with Crippen LogP contribution in [-0.2, 0) is 19.1 Å². The number of ether oxygens (including phenoxy) is 2. The molecule has 0 aliphatic carbocycles. The van der Waals surface area contributed by atoms with Gasteiger partial charge in [0.25, 0.3) is 0 Å². The van der Waals surface area contributed by atoms with Crippen LogP contribution < -0.4 is 10.6 Å². The van der Waals surface area contributed by atoms with Gasteiger partial charge in [-0.3, -0.25) is 9.59 Å². The first-order chi connectivity index (χ1) is 16.3. The van der Waals surface area contributed by atoms with Crippen LogP contribution in [0.1, 0.15) is 76.6 Å². The van der Waals surface area contributed by atoms with Gasteiger partial charge < -0.3 is 20.1 Å². The number of aromatic nitrogens is 2. The molecule has 184 valence electrons. The highest BCUT2D eigenvalue weighted by molar-refractivity contribution is 5.92. The largest absolute Gasteiger partial charge is 0.463 e. The Morgan fingerprint density at radius 1 is 0.912 bits per heavy atom. The smallest absolute Gasteiger partial charge is 0.338 e. The highest BCUT2D eigenvalue weighted by atomic mass is 16.5. The summed E-state index contributed by atoms with van der Waals surface area (Å²) in [6.07, 6.45) is 4.44. The van der Waals surface area contributed by atoms with E-state index in [9.17, 15) is 14.4 Å². The molecule has 1 aromatic heterocycles. The summed E-state index contributed by atoms with van der Waals surface area (Å²) in [7, 11) is 0. The highest BCUT2D eigenvalue weighted by Crippen LogP contribution is 2.19. The van der Waals surface area contributed by atoms with E-state index in [1.54, 1.807) is 30.3 Å². The van der Waals surface area contributed by atoms with Gasteiger partial charge in [0, 0.05) is 18.2 Å². The standard InChI is InChI=1S/C25H34N4O5/c1-5-8-17(3)33-24(31)13-12-23(30)29-22-15-21(26-16-27-22)28-20-11-7-10-19(14-20)25(32)34-18(4)9-6-2/h7,10-11,14-18H,5-6,8-9,12-13H2,1-4H3,(H2,26,27,28,29,30). The Morgan fingerprint density at radius 3 is 2.29 bits per heavy atom. The van der Waals surface area contributed by atoms with Crippen molar-refractivity contribution < 1.29 is 23.9 Å². The molecule has 34 heavy (non-hydrogen) atoms. The monoisotopic (exact) mass is 470 g/mol. The number of nitrogens with one attached hydrogen (secondary N) is 2. The van der Waals surface area contributed by atoms with Crippen molar-refractivity contribution in [1.82, 2.24) is 9.97 Å². The van der Waals surface area contributed by atoms with Crippen molar-refractivity contribution in [3.05, 3.63) is 42.2 Å². The number of hydrogen-bond acceptors (Lipinski definition) is 8. The van der Waals surface area contributed by atoms with Crippen molar-refractivity contribution in [3.63, 3.8) is 0 Å². The fourth-order valence-electron chi connectivity index (χ4n) is 3.25. The van der Waals surface area contributed by atoms with Gasteiger partial charge in [-0.05, 0) is 44.9 Å². The summed E-state index contributed by atoms with van der Waals surface area (Å²) in [6, 6.07) is 8.46. The Morgan fingerprint density at radius 2 is 1.59 bits per heavy atom. The van der Waals surface area contributed by atoms with E-state index in [0.29, 0.717) is 22.9 Å². The minimum atomic E-state index is -0.399. The molecule has 2 aromatic rings. The second kappa shape index (κ2) is 13.9. The fourth-order valence-corrected chi connectivity index (χ4v) is 3.25. The van der Waals surface area contributed by atoms with Gasteiger partial charge >= 0.3 is 11.9 Å². The zero-order chi connectivity index (χ0) is 24.9. The maximum absolute atomic E-state index is 12.4. The summed E-state index contributed by atoms with van der Waals surface area (Å²) in [5, 5.41) is 5.74. The molecule has 0 spiro atoms. The summed E-state index contributed by atoms with van der Waals surface area (Å²) in [6.45, 7) is 7.76. The van der Waals surface area contributed by atoms with Crippen LogP contribution in [0.3, 0.4) is 0 Å². The average molecular weight is 471 g/mol. The van der Waals surface area contributed by atoms with Crippen LogP contribution in [0, 0.1) is 0 Å². The maximum atomic E-state index is 12.4. The number of carbonyl (C=O) groups is 3. The molecular formula is C25H34N4O5. The predicted molar refractivity (Wildman–Crippen MR) is 130 cm³/mol. The number of hydrogen-bond donors (Lipinski definition) is 2. The van der Waals surface area contributed by atoms with Crippen molar-refractivity contribution in [2.45, 2.75) is 78.4 Å². The summed E-state index contributed by atoms with van der Waals surface area (Å²) in [4.78, 5) is 44.6. The quantitative estimate of drug-likeness (QED) is 0.392. The van der Waals surface area contributed by atoms with Crippen molar-refractivity contribution in [2.24, 2.45) is 0 Å². The van der Waals surface area contributed by atoms with E-state index < -0.39 is 5.97 Å². The summed E-state index contributed by atoms with van der Waals surface area (Å²) in [5.74, 6) is -0.413. The molecule has 0 aliphatic rings. The lowest BCUT2D eigenvalue weighted by molar-refractivity contribution is -0.149. The average Bonchev–Trinajstić information content (AvgIpc) is 2.78. The number of anilines is 3. The molecule has 0 bridgehead atoms. The first kappa shape index (κ1) is 26.8. The minimum Gasteiger partial charge on any atom is -0.463 e. The van der Waals surface area contributed by atoms with Crippen LogP contribution in [0.5, 0.6) is 0 Å². The molecule has 0 saturated carbocycles. The van der Waals surface area contributed by atoms with E-state index in [-0.39, 0.29) is 36.9 Å². The molecule has 0 fully saturated rings. The van der Waals surface area contributed by atoms with Crippen LogP contribution >= 0.6 is 0 Å². The lowest BCUT2D eigenvalue weighted by Crippen LogP contribution is -2.18. The molecule has 2 unspecified atom stereocenters. The van der Waals surface area contributed by atoms with E-state index in [4.69, 9.17) is 9.47 Å². The maximum Gasteiger partial charge on any atom is 0.338 e. The Hall–Kier alpha value is -3.49. The van der Waals surface area contributed by atoms with Crippen LogP contribution in [0.2, 0.25) is 0 Å². The molecule has 9 heteroatoms. The van der Waals surface area contributed by atoms with Gasteiger partial charge in [-0.2, -0.15) is 0 Å². The van der Waals surface area contributed by atoms with Crippen LogP contribution in [0.4, 0.5) is 17.3 Å². The molecule has 2 N–H and O–H groups in total. The number of amides is 1. The first-order valence-electron chi connectivity index (χ1n) is 11.7. The molecule has 9 nitrogen and oxygen atoms in total. The molecule has 2 atom stereocenters. The van der Waals surface area contributed by atoms with Crippen molar-refractivity contribution in [2.75, 3.05) is 10.6 Å².